The van der Waals surface area contributed by atoms with Crippen molar-refractivity contribution in [1.82, 2.24) is 4.98 Å². The van der Waals surface area contributed by atoms with Gasteiger partial charge in [0.1, 0.15) is 17.7 Å². The molecule has 0 atom stereocenters. The van der Waals surface area contributed by atoms with E-state index in [0.29, 0.717) is 0 Å². The molecular weight excluding hydrogens is 110 g/mol. The van der Waals surface area contributed by atoms with Crippen molar-refractivity contribution in [2.75, 3.05) is 0 Å². The van der Waals surface area contributed by atoms with Gasteiger partial charge in [0.25, 0.3) is 0 Å². The lowest BCUT2D eigenvalue weighted by Gasteiger charge is -1.82. The molecule has 0 fully saturated rings. The predicted molar refractivity (Wildman–Crippen MR) is 37.5 cm³/mol. The van der Waals surface area contributed by atoms with Gasteiger partial charge in [0, 0.05) is 18.3 Å². The standard InChI is InChI=1S/C8H6N/c1-2-4-8-7(3-1)5-6-9-8/h2-6,9H/q+1. The van der Waals surface area contributed by atoms with Crippen molar-refractivity contribution in [3.05, 3.63) is 35.7 Å². The lowest BCUT2D eigenvalue weighted by atomic mass is 10.1. The van der Waals surface area contributed by atoms with Crippen LogP contribution in [0.25, 0.3) is 12.2 Å². The number of rotatable bonds is 0. The van der Waals surface area contributed by atoms with Gasteiger partial charge in [0.2, 0.25) is 0 Å². The number of nitrogens with one attached hydrogen (secondary N) is 1. The van der Waals surface area contributed by atoms with Gasteiger partial charge in [-0.05, 0) is 0 Å². The van der Waals surface area contributed by atoms with E-state index in [4.69, 9.17) is 0 Å². The number of allylic oxidation sites excluding steroid dienone is 2. The maximum atomic E-state index is 3.10. The SMILES string of the molecule is [C+]1=Cc2cc[nH]c2C=C1. The van der Waals surface area contributed by atoms with Gasteiger partial charge >= 0.3 is 0 Å². The smallest absolute Gasteiger partial charge is 0.160 e. The monoisotopic (exact) mass is 116 g/mol. The average molecular weight is 116 g/mol. The maximum Gasteiger partial charge on any atom is 0.160 e. The Morgan fingerprint density at radius 2 is 2.44 bits per heavy atom. The van der Waals surface area contributed by atoms with E-state index in [1.54, 1.807) is 0 Å². The quantitative estimate of drug-likeness (QED) is 0.498. The summed E-state index contributed by atoms with van der Waals surface area (Å²) >= 11 is 0. The Kier molecular flexibility index (Phi) is 0.794. The van der Waals surface area contributed by atoms with Crippen molar-refractivity contribution in [3.8, 4) is 0 Å². The minimum Gasteiger partial charge on any atom is -0.338 e. The molecule has 1 aromatic rings. The van der Waals surface area contributed by atoms with Gasteiger partial charge in [-0.25, -0.2) is 0 Å². The van der Waals surface area contributed by atoms with Gasteiger partial charge in [0.05, 0.1) is 6.08 Å². The molecule has 1 aliphatic carbocycles. The lowest BCUT2D eigenvalue weighted by molar-refractivity contribution is 1.37. The van der Waals surface area contributed by atoms with Crippen LogP contribution >= 0.6 is 0 Å². The first-order valence-corrected chi connectivity index (χ1v) is 2.90. The summed E-state index contributed by atoms with van der Waals surface area (Å²) in [7, 11) is 0. The van der Waals surface area contributed by atoms with Gasteiger partial charge in [-0.1, -0.05) is 0 Å². The van der Waals surface area contributed by atoms with E-state index in [0.717, 1.165) is 0 Å². The number of fused-ring (bicyclic) bond motifs is 1. The summed E-state index contributed by atoms with van der Waals surface area (Å²) in [6.07, 6.45) is 10.8. The second-order valence-corrected chi connectivity index (χ2v) is 1.99. The van der Waals surface area contributed by atoms with Crippen molar-refractivity contribution in [2.24, 2.45) is 0 Å². The average Bonchev–Trinajstić information content (AvgIpc) is 2.33. The van der Waals surface area contributed by atoms with Crippen LogP contribution in [0, 0.1) is 6.08 Å². The van der Waals surface area contributed by atoms with Crippen molar-refractivity contribution < 1.29 is 0 Å². The van der Waals surface area contributed by atoms with Crippen LogP contribution in [0.2, 0.25) is 0 Å². The van der Waals surface area contributed by atoms with Crippen LogP contribution in [-0.2, 0) is 0 Å². The first kappa shape index (κ1) is 4.54. The molecule has 9 heavy (non-hydrogen) atoms. The number of H-pyrrole nitrogens is 1. The molecule has 1 aromatic heterocycles. The summed E-state index contributed by atoms with van der Waals surface area (Å²) in [4.78, 5) is 3.10. The lowest BCUT2D eigenvalue weighted by Crippen LogP contribution is -1.77. The molecule has 1 aliphatic rings. The summed E-state index contributed by atoms with van der Waals surface area (Å²) in [5.74, 6) is 0. The third-order valence-electron chi connectivity index (χ3n) is 1.40. The first-order valence-electron chi connectivity index (χ1n) is 2.90. The summed E-state index contributed by atoms with van der Waals surface area (Å²) in [5.41, 5.74) is 2.39. The van der Waals surface area contributed by atoms with E-state index in [1.165, 1.54) is 11.3 Å². The number of hydrogen-bond donors (Lipinski definition) is 1. The van der Waals surface area contributed by atoms with Crippen LogP contribution in [0.4, 0.5) is 0 Å². The van der Waals surface area contributed by atoms with Gasteiger partial charge in [-0.15, -0.1) is 0 Å². The second kappa shape index (κ2) is 1.57. The zero-order chi connectivity index (χ0) is 6.10. The van der Waals surface area contributed by atoms with Crippen LogP contribution in [0.1, 0.15) is 11.3 Å². The van der Waals surface area contributed by atoms with E-state index < -0.39 is 0 Å². The highest BCUT2D eigenvalue weighted by atomic mass is 14.7. The normalized spacial score (nSPS) is 12.9. The third-order valence-corrected chi connectivity index (χ3v) is 1.40. The molecule has 0 spiro atoms. The summed E-state index contributed by atoms with van der Waals surface area (Å²) in [5, 5.41) is 0. The van der Waals surface area contributed by atoms with Crippen LogP contribution < -0.4 is 0 Å². The molecule has 0 radical (unpaired) electrons. The minimum atomic E-state index is 1.17. The number of aromatic amines is 1. The molecule has 0 unspecified atom stereocenters. The molecule has 0 amide bonds. The molecule has 1 nitrogen and oxygen atoms in total. The molecular formula is C8H6N+. The van der Waals surface area contributed by atoms with Crippen LogP contribution in [-0.4, -0.2) is 4.98 Å². The molecule has 0 saturated heterocycles. The molecule has 1 heteroatoms. The molecule has 0 saturated carbocycles. The molecule has 1 heterocycles. The molecule has 0 aromatic carbocycles. The van der Waals surface area contributed by atoms with Crippen LogP contribution in [0.5, 0.6) is 0 Å². The van der Waals surface area contributed by atoms with E-state index in [1.807, 2.05) is 30.5 Å². The highest BCUT2D eigenvalue weighted by Crippen LogP contribution is 2.13. The minimum absolute atomic E-state index is 1.17. The largest absolute Gasteiger partial charge is 0.338 e. The van der Waals surface area contributed by atoms with Crippen LogP contribution in [0.15, 0.2) is 18.3 Å². The van der Waals surface area contributed by atoms with Crippen LogP contribution in [0.3, 0.4) is 0 Å². The Bertz CT molecular complexity index is 239. The molecule has 0 bridgehead atoms. The second-order valence-electron chi connectivity index (χ2n) is 1.99. The van der Waals surface area contributed by atoms with E-state index in [2.05, 4.69) is 11.1 Å². The van der Waals surface area contributed by atoms with Crippen molar-refractivity contribution >= 4 is 12.2 Å². The summed E-state index contributed by atoms with van der Waals surface area (Å²) in [6.45, 7) is 0. The Labute approximate surface area is 53.7 Å². The van der Waals surface area contributed by atoms with Gasteiger partial charge < -0.3 is 4.98 Å². The van der Waals surface area contributed by atoms with Gasteiger partial charge in [-0.2, -0.15) is 0 Å². The topological polar surface area (TPSA) is 15.8 Å². The fourth-order valence-corrected chi connectivity index (χ4v) is 0.934. The maximum absolute atomic E-state index is 3.10. The fourth-order valence-electron chi connectivity index (χ4n) is 0.934. The highest BCUT2D eigenvalue weighted by molar-refractivity contribution is 5.67. The molecule has 0 aliphatic heterocycles. The Balaban J connectivity index is 2.68. The fraction of sp³-hybridized carbons (Fsp3) is 0. The van der Waals surface area contributed by atoms with Gasteiger partial charge in [-0.3, -0.25) is 0 Å². The Morgan fingerprint density at radius 3 is 3.33 bits per heavy atom. The third kappa shape index (κ3) is 0.592. The number of aromatic nitrogens is 1. The predicted octanol–water partition coefficient (Wildman–Crippen LogP) is 1.86. The number of hydrogen-bond acceptors (Lipinski definition) is 0. The van der Waals surface area contributed by atoms with E-state index in [9.17, 15) is 0 Å². The summed E-state index contributed by atoms with van der Waals surface area (Å²) in [6, 6.07) is 2.03. The van der Waals surface area contributed by atoms with Crippen molar-refractivity contribution in [1.29, 1.82) is 0 Å². The molecule has 42 valence electrons. The molecule has 2 rings (SSSR count). The van der Waals surface area contributed by atoms with Crippen molar-refractivity contribution in [3.63, 3.8) is 0 Å². The summed E-state index contributed by atoms with van der Waals surface area (Å²) < 4.78 is 0. The first-order chi connectivity index (χ1) is 4.47. The molecule has 1 N–H and O–H groups in total. The highest BCUT2D eigenvalue weighted by Gasteiger charge is 2.07. The zero-order valence-electron chi connectivity index (χ0n) is 4.89. The zero-order valence-corrected chi connectivity index (χ0v) is 4.89. The Morgan fingerprint density at radius 1 is 1.44 bits per heavy atom. The van der Waals surface area contributed by atoms with Crippen molar-refractivity contribution in [2.45, 2.75) is 0 Å². The van der Waals surface area contributed by atoms with E-state index >= 15 is 0 Å². The van der Waals surface area contributed by atoms with E-state index in [-0.39, 0.29) is 0 Å². The Hall–Kier alpha value is -1.33. The van der Waals surface area contributed by atoms with Gasteiger partial charge in [0.15, 0.2) is 5.69 Å².